The van der Waals surface area contributed by atoms with Crippen LogP contribution in [0, 0.1) is 0 Å². The first-order valence-electron chi connectivity index (χ1n) is 12.3. The predicted octanol–water partition coefficient (Wildman–Crippen LogP) is 3.03. The number of hydrogen-bond donors (Lipinski definition) is 1. The van der Waals surface area contributed by atoms with E-state index in [4.69, 9.17) is 9.47 Å². The minimum atomic E-state index is 0.663. The molecule has 0 atom stereocenters. The van der Waals surface area contributed by atoms with Crippen molar-refractivity contribution in [3.05, 3.63) is 59.8 Å². The Bertz CT molecular complexity index is 1010. The van der Waals surface area contributed by atoms with Crippen molar-refractivity contribution in [1.29, 1.82) is 0 Å². The van der Waals surface area contributed by atoms with Crippen LogP contribution in [0.4, 0.5) is 11.4 Å². The highest BCUT2D eigenvalue weighted by Crippen LogP contribution is 2.27. The normalized spacial score (nSPS) is 20.4. The van der Waals surface area contributed by atoms with E-state index in [-0.39, 0.29) is 0 Å². The highest BCUT2D eigenvalue weighted by atomic mass is 16.5. The first-order chi connectivity index (χ1) is 16.7. The maximum Gasteiger partial charge on any atom is 0.120 e. The molecule has 34 heavy (non-hydrogen) atoms. The SMILES string of the molecule is CN1CCN(c2ccc(NC=C3CN=Cc4ccc(OCCN5CCOCC5)cc43)cc2)CC1. The van der Waals surface area contributed by atoms with Crippen LogP contribution >= 0.6 is 0 Å². The number of fused-ring (bicyclic) bond motifs is 1. The second-order valence-corrected chi connectivity index (χ2v) is 9.17. The lowest BCUT2D eigenvalue weighted by Gasteiger charge is -2.34. The van der Waals surface area contributed by atoms with Crippen LogP contribution < -0.4 is 15.0 Å². The number of hydrogen-bond acceptors (Lipinski definition) is 7. The molecule has 5 rings (SSSR count). The minimum Gasteiger partial charge on any atom is -0.492 e. The predicted molar refractivity (Wildman–Crippen MR) is 139 cm³/mol. The molecule has 180 valence electrons. The van der Waals surface area contributed by atoms with Gasteiger partial charge in [-0.2, -0.15) is 0 Å². The molecule has 1 N–H and O–H groups in total. The van der Waals surface area contributed by atoms with Crippen molar-refractivity contribution in [1.82, 2.24) is 9.80 Å². The summed E-state index contributed by atoms with van der Waals surface area (Å²) in [5.41, 5.74) is 5.85. The van der Waals surface area contributed by atoms with Crippen molar-refractivity contribution in [3.63, 3.8) is 0 Å². The summed E-state index contributed by atoms with van der Waals surface area (Å²) in [5.74, 6) is 0.907. The third-order valence-electron chi connectivity index (χ3n) is 6.79. The maximum atomic E-state index is 6.08. The molecule has 0 amide bonds. The lowest BCUT2D eigenvalue weighted by Crippen LogP contribution is -2.44. The number of anilines is 2. The molecule has 3 heterocycles. The van der Waals surface area contributed by atoms with Crippen LogP contribution in [0.2, 0.25) is 0 Å². The fourth-order valence-electron chi connectivity index (χ4n) is 4.59. The van der Waals surface area contributed by atoms with E-state index in [9.17, 15) is 0 Å². The van der Waals surface area contributed by atoms with Gasteiger partial charge in [0.2, 0.25) is 0 Å². The number of piperazine rings is 1. The summed E-state index contributed by atoms with van der Waals surface area (Å²) in [5, 5.41) is 3.48. The molecule has 2 fully saturated rings. The molecule has 7 heteroatoms. The molecule has 7 nitrogen and oxygen atoms in total. The molecule has 3 aliphatic rings. The first-order valence-corrected chi connectivity index (χ1v) is 12.3. The Morgan fingerprint density at radius 1 is 1.00 bits per heavy atom. The van der Waals surface area contributed by atoms with Crippen LogP contribution in [0.5, 0.6) is 5.75 Å². The monoisotopic (exact) mass is 461 g/mol. The molecular weight excluding hydrogens is 426 g/mol. The fraction of sp³-hybridized carbons (Fsp3) is 0.444. The molecule has 0 unspecified atom stereocenters. The number of likely N-dealkylation sites (N-methyl/N-ethyl adjacent to an activating group) is 1. The average Bonchev–Trinajstić information content (AvgIpc) is 2.89. The van der Waals surface area contributed by atoms with Crippen LogP contribution in [-0.4, -0.2) is 95.2 Å². The average molecular weight is 462 g/mol. The largest absolute Gasteiger partial charge is 0.492 e. The first kappa shape index (κ1) is 22.9. The quantitative estimate of drug-likeness (QED) is 0.684. The molecular formula is C27H35N5O2. The van der Waals surface area contributed by atoms with Crippen molar-refractivity contribution in [2.45, 2.75) is 0 Å². The maximum absolute atomic E-state index is 6.08. The van der Waals surface area contributed by atoms with Gasteiger partial charge in [0.05, 0.1) is 19.8 Å². The Hall–Kier alpha value is -2.87. The fourth-order valence-corrected chi connectivity index (χ4v) is 4.59. The third-order valence-corrected chi connectivity index (χ3v) is 6.79. The number of morpholine rings is 1. The Labute approximate surface area is 202 Å². The van der Waals surface area contributed by atoms with E-state index in [2.05, 4.69) is 74.7 Å². The highest BCUT2D eigenvalue weighted by molar-refractivity contribution is 5.93. The Balaban J connectivity index is 1.20. The van der Waals surface area contributed by atoms with E-state index < -0.39 is 0 Å². The van der Waals surface area contributed by atoms with Crippen molar-refractivity contribution in [2.24, 2.45) is 4.99 Å². The highest BCUT2D eigenvalue weighted by Gasteiger charge is 2.15. The van der Waals surface area contributed by atoms with E-state index in [0.717, 1.165) is 76.0 Å². The van der Waals surface area contributed by atoms with E-state index in [1.165, 1.54) is 16.8 Å². The summed E-state index contributed by atoms with van der Waals surface area (Å²) < 4.78 is 11.5. The molecule has 0 radical (unpaired) electrons. The van der Waals surface area contributed by atoms with E-state index in [0.29, 0.717) is 13.2 Å². The number of nitrogens with zero attached hydrogens (tertiary/aromatic N) is 4. The second kappa shape index (κ2) is 11.0. The van der Waals surface area contributed by atoms with E-state index in [1.807, 2.05) is 12.3 Å². The minimum absolute atomic E-state index is 0.663. The summed E-state index contributed by atoms with van der Waals surface area (Å²) in [6.45, 7) is 10.3. The number of benzene rings is 2. The topological polar surface area (TPSA) is 52.6 Å². The Morgan fingerprint density at radius 2 is 1.79 bits per heavy atom. The van der Waals surface area contributed by atoms with Gasteiger partial charge in [-0.3, -0.25) is 9.89 Å². The molecule has 0 aromatic heterocycles. The van der Waals surface area contributed by atoms with Gasteiger partial charge in [-0.25, -0.2) is 0 Å². The van der Waals surface area contributed by atoms with Gasteiger partial charge in [0.25, 0.3) is 0 Å². The van der Waals surface area contributed by atoms with Gasteiger partial charge < -0.3 is 24.6 Å². The van der Waals surface area contributed by atoms with Crippen LogP contribution in [0.25, 0.3) is 5.57 Å². The standard InChI is InChI=1S/C27H35N5O2/c1-30-8-10-32(11-9-30)25-5-3-24(4-6-25)29-21-23-20-28-19-22-2-7-26(18-27(22)23)34-17-14-31-12-15-33-16-13-31/h2-7,18-19,21,29H,8-17,20H2,1H3. The van der Waals surface area contributed by atoms with E-state index in [1.54, 1.807) is 0 Å². The lowest BCUT2D eigenvalue weighted by atomic mass is 9.98. The lowest BCUT2D eigenvalue weighted by molar-refractivity contribution is 0.0322. The zero-order valence-electron chi connectivity index (χ0n) is 20.1. The Kier molecular flexibility index (Phi) is 7.43. The van der Waals surface area contributed by atoms with Crippen LogP contribution in [0.3, 0.4) is 0 Å². The van der Waals surface area contributed by atoms with Gasteiger partial charge in [-0.1, -0.05) is 0 Å². The number of nitrogens with one attached hydrogen (secondary N) is 1. The molecule has 2 aromatic carbocycles. The van der Waals surface area contributed by atoms with Gasteiger partial charge in [0, 0.05) is 75.2 Å². The molecule has 2 saturated heterocycles. The molecule has 0 spiro atoms. The zero-order valence-corrected chi connectivity index (χ0v) is 20.1. The molecule has 0 aliphatic carbocycles. The van der Waals surface area contributed by atoms with Gasteiger partial charge in [-0.15, -0.1) is 0 Å². The number of ether oxygens (including phenoxy) is 2. The molecule has 3 aliphatic heterocycles. The van der Waals surface area contributed by atoms with Crippen LogP contribution in [0.1, 0.15) is 11.1 Å². The van der Waals surface area contributed by atoms with Gasteiger partial charge in [0.1, 0.15) is 12.4 Å². The summed E-state index contributed by atoms with van der Waals surface area (Å²) in [6, 6.07) is 15.0. The van der Waals surface area contributed by atoms with Crippen molar-refractivity contribution < 1.29 is 9.47 Å². The third kappa shape index (κ3) is 5.78. The molecule has 2 aromatic rings. The van der Waals surface area contributed by atoms with Gasteiger partial charge >= 0.3 is 0 Å². The summed E-state index contributed by atoms with van der Waals surface area (Å²) in [4.78, 5) is 11.8. The van der Waals surface area contributed by atoms with E-state index >= 15 is 0 Å². The summed E-state index contributed by atoms with van der Waals surface area (Å²) >= 11 is 0. The van der Waals surface area contributed by atoms with Gasteiger partial charge in [-0.05, 0) is 60.6 Å². The Morgan fingerprint density at radius 3 is 2.59 bits per heavy atom. The van der Waals surface area contributed by atoms with Crippen LogP contribution in [0.15, 0.2) is 53.7 Å². The second-order valence-electron chi connectivity index (χ2n) is 9.17. The van der Waals surface area contributed by atoms with Crippen LogP contribution in [-0.2, 0) is 4.74 Å². The smallest absolute Gasteiger partial charge is 0.120 e. The molecule has 0 bridgehead atoms. The number of rotatable bonds is 7. The molecule has 0 saturated carbocycles. The van der Waals surface area contributed by atoms with Crippen molar-refractivity contribution >= 4 is 23.2 Å². The van der Waals surface area contributed by atoms with Crippen molar-refractivity contribution in [3.8, 4) is 5.75 Å². The van der Waals surface area contributed by atoms with Crippen molar-refractivity contribution in [2.75, 3.05) is 89.4 Å². The summed E-state index contributed by atoms with van der Waals surface area (Å²) in [6.07, 6.45) is 4.03. The number of aliphatic imine (C=N–C) groups is 1. The zero-order chi connectivity index (χ0) is 23.2. The van der Waals surface area contributed by atoms with Gasteiger partial charge in [0.15, 0.2) is 0 Å². The summed E-state index contributed by atoms with van der Waals surface area (Å²) in [7, 11) is 2.19.